The maximum atomic E-state index is 11.8. The first-order valence-electron chi connectivity index (χ1n) is 11.8. The molecule has 0 amide bonds. The Morgan fingerprint density at radius 3 is 2.81 bits per heavy atom. The highest BCUT2D eigenvalue weighted by molar-refractivity contribution is 7.92. The Balaban J connectivity index is 1.57. The van der Waals surface area contributed by atoms with Crippen LogP contribution in [0, 0.1) is 0 Å². The molecule has 2 N–H and O–H groups in total. The van der Waals surface area contributed by atoms with Crippen molar-refractivity contribution < 1.29 is 17.9 Å². The highest BCUT2D eigenvalue weighted by atomic mass is 32.2. The van der Waals surface area contributed by atoms with E-state index in [4.69, 9.17) is 21.7 Å². The van der Waals surface area contributed by atoms with Crippen molar-refractivity contribution in [2.75, 3.05) is 29.6 Å². The maximum Gasteiger partial charge on any atom is 0.229 e. The largest absolute Gasteiger partial charge is 0.494 e. The molecule has 2 aliphatic heterocycles. The van der Waals surface area contributed by atoms with Crippen molar-refractivity contribution in [3.63, 3.8) is 0 Å². The smallest absolute Gasteiger partial charge is 0.229 e. The molecule has 2 saturated heterocycles. The van der Waals surface area contributed by atoms with E-state index in [9.17, 15) is 8.42 Å². The van der Waals surface area contributed by atoms with Crippen molar-refractivity contribution in [1.82, 2.24) is 14.9 Å². The van der Waals surface area contributed by atoms with Gasteiger partial charge in [0, 0.05) is 43.0 Å². The number of pyridine rings is 1. The third-order valence-corrected chi connectivity index (χ3v) is 7.35. The van der Waals surface area contributed by atoms with Crippen LogP contribution in [0.4, 0.5) is 11.4 Å². The van der Waals surface area contributed by atoms with Crippen LogP contribution in [0.2, 0.25) is 0 Å². The molecule has 0 unspecified atom stereocenters. The van der Waals surface area contributed by atoms with Crippen LogP contribution < -0.4 is 19.7 Å². The number of methoxy groups -OCH3 is 1. The number of hydrogen-bond donors (Lipinski definition) is 2. The molecule has 4 heterocycles. The quantitative estimate of drug-likeness (QED) is 0.429. The van der Waals surface area contributed by atoms with Crippen LogP contribution in [0.5, 0.6) is 5.75 Å². The van der Waals surface area contributed by atoms with Crippen molar-refractivity contribution in [2.24, 2.45) is 0 Å². The van der Waals surface area contributed by atoms with Crippen LogP contribution in [0.3, 0.4) is 0 Å². The summed E-state index contributed by atoms with van der Waals surface area (Å²) < 4.78 is 39.8. The van der Waals surface area contributed by atoms with Gasteiger partial charge in [-0.2, -0.15) is 0 Å². The Kier molecular flexibility index (Phi) is 6.87. The van der Waals surface area contributed by atoms with E-state index < -0.39 is 10.0 Å². The third-order valence-electron chi connectivity index (χ3n) is 6.45. The second-order valence-corrected chi connectivity index (χ2v) is 11.1. The lowest BCUT2D eigenvalue weighted by atomic mass is 10.0. The van der Waals surface area contributed by atoms with Gasteiger partial charge in [-0.3, -0.25) is 9.71 Å². The fraction of sp³-hybridized carbons (Fsp3) is 0.360. The number of anilines is 2. The van der Waals surface area contributed by atoms with Gasteiger partial charge in [0.25, 0.3) is 0 Å². The van der Waals surface area contributed by atoms with Gasteiger partial charge in [0.05, 0.1) is 36.9 Å². The molecular weight excluding hydrogens is 498 g/mol. The predicted molar refractivity (Wildman–Crippen MR) is 143 cm³/mol. The van der Waals surface area contributed by atoms with Crippen molar-refractivity contribution in [2.45, 2.75) is 37.6 Å². The molecule has 2 aliphatic rings. The average molecular weight is 528 g/mol. The number of nitrogens with one attached hydrogen (secondary N) is 2. The molecule has 2 fully saturated rings. The molecule has 11 heteroatoms. The molecule has 0 bridgehead atoms. The second kappa shape index (κ2) is 10.1. The van der Waals surface area contributed by atoms with Crippen molar-refractivity contribution >= 4 is 38.7 Å². The Morgan fingerprint density at radius 1 is 1.25 bits per heavy atom. The molecule has 190 valence electrons. The summed E-state index contributed by atoms with van der Waals surface area (Å²) in [5.41, 5.74) is 3.09. The minimum Gasteiger partial charge on any atom is -0.494 e. The fourth-order valence-corrected chi connectivity index (χ4v) is 5.83. The summed E-state index contributed by atoms with van der Waals surface area (Å²) in [5.74, 6) is 0.399. The monoisotopic (exact) mass is 527 g/mol. The van der Waals surface area contributed by atoms with Crippen LogP contribution >= 0.6 is 12.2 Å². The van der Waals surface area contributed by atoms with Crippen LogP contribution in [-0.4, -0.2) is 49.2 Å². The van der Waals surface area contributed by atoms with Crippen LogP contribution in [0.25, 0.3) is 0 Å². The summed E-state index contributed by atoms with van der Waals surface area (Å²) in [7, 11) is -1.96. The van der Waals surface area contributed by atoms with E-state index in [1.165, 1.54) is 7.11 Å². The van der Waals surface area contributed by atoms with E-state index in [2.05, 4.69) is 31.9 Å². The summed E-state index contributed by atoms with van der Waals surface area (Å²) >= 11 is 5.84. The Bertz CT molecular complexity index is 1340. The van der Waals surface area contributed by atoms with Gasteiger partial charge in [-0.25, -0.2) is 8.42 Å². The van der Waals surface area contributed by atoms with Gasteiger partial charge in [0.15, 0.2) is 5.11 Å². The highest BCUT2D eigenvalue weighted by Crippen LogP contribution is 2.43. The number of benzene rings is 1. The van der Waals surface area contributed by atoms with Gasteiger partial charge in [-0.1, -0.05) is 6.07 Å². The van der Waals surface area contributed by atoms with Crippen molar-refractivity contribution in [3.05, 3.63) is 72.3 Å². The van der Waals surface area contributed by atoms with Crippen molar-refractivity contribution in [1.29, 1.82) is 0 Å². The first-order chi connectivity index (χ1) is 17.3. The highest BCUT2D eigenvalue weighted by Gasteiger charge is 2.42. The van der Waals surface area contributed by atoms with E-state index in [1.807, 2.05) is 35.2 Å². The molecule has 0 radical (unpaired) electrons. The van der Waals surface area contributed by atoms with Crippen LogP contribution in [-0.2, 0) is 21.3 Å². The average Bonchev–Trinajstić information content (AvgIpc) is 3.60. The predicted octanol–water partition coefficient (Wildman–Crippen LogP) is 3.62. The summed E-state index contributed by atoms with van der Waals surface area (Å²) in [6, 6.07) is 14.9. The van der Waals surface area contributed by atoms with E-state index in [0.717, 1.165) is 49.3 Å². The normalized spacial score (nSPS) is 22.0. The molecule has 3 aromatic rings. The Hall–Kier alpha value is -3.15. The molecule has 0 aliphatic carbocycles. The summed E-state index contributed by atoms with van der Waals surface area (Å²) in [6.45, 7) is 1.56. The van der Waals surface area contributed by atoms with Gasteiger partial charge in [0.2, 0.25) is 10.0 Å². The lowest BCUT2D eigenvalue weighted by molar-refractivity contribution is 0.0961. The molecule has 5 rings (SSSR count). The number of aromatic nitrogens is 2. The first kappa shape index (κ1) is 24.5. The molecule has 9 nitrogen and oxygen atoms in total. The third kappa shape index (κ3) is 5.04. The topological polar surface area (TPSA) is 97.7 Å². The number of thiocarbonyl (C=S) groups is 1. The molecule has 2 aromatic heterocycles. The van der Waals surface area contributed by atoms with Crippen molar-refractivity contribution in [3.8, 4) is 5.75 Å². The van der Waals surface area contributed by atoms with Gasteiger partial charge in [-0.15, -0.1) is 0 Å². The Labute approximate surface area is 216 Å². The Morgan fingerprint density at radius 2 is 2.11 bits per heavy atom. The minimum absolute atomic E-state index is 0.181. The van der Waals surface area contributed by atoms with Crippen LogP contribution in [0.1, 0.15) is 36.3 Å². The molecule has 3 atom stereocenters. The molecule has 1 aromatic carbocycles. The summed E-state index contributed by atoms with van der Waals surface area (Å²) in [5, 5.41) is 4.01. The van der Waals surface area contributed by atoms with Gasteiger partial charge < -0.3 is 24.3 Å². The minimum atomic E-state index is -3.47. The zero-order chi connectivity index (χ0) is 25.3. The number of sulfonamides is 1. The fourth-order valence-electron chi connectivity index (χ4n) is 4.92. The van der Waals surface area contributed by atoms with Crippen LogP contribution in [0.15, 0.2) is 60.9 Å². The number of rotatable bonds is 8. The summed E-state index contributed by atoms with van der Waals surface area (Å²) in [4.78, 5) is 6.66. The van der Waals surface area contributed by atoms with E-state index >= 15 is 0 Å². The van der Waals surface area contributed by atoms with Gasteiger partial charge in [0.1, 0.15) is 11.8 Å². The molecule has 36 heavy (non-hydrogen) atoms. The number of ether oxygens (including phenoxy) is 2. The molecule has 0 saturated carbocycles. The molecular formula is C25H29N5O4S2. The van der Waals surface area contributed by atoms with E-state index in [-0.39, 0.29) is 18.2 Å². The zero-order valence-electron chi connectivity index (χ0n) is 20.1. The second-order valence-electron chi connectivity index (χ2n) is 8.98. The summed E-state index contributed by atoms with van der Waals surface area (Å²) in [6.07, 6.45) is 7.26. The number of nitrogens with zero attached hydrogens (tertiary/aromatic N) is 3. The first-order valence-corrected chi connectivity index (χ1v) is 14.1. The maximum absolute atomic E-state index is 11.8. The van der Waals surface area contributed by atoms with E-state index in [0.29, 0.717) is 16.5 Å². The zero-order valence-corrected chi connectivity index (χ0v) is 21.8. The SMILES string of the molecule is COc1cc(N2C(=S)N[C@H](c3ccccn3)[C@@H]2c2cccn2C[C@@H]2CCCO2)ccc1NS(C)(=O)=O. The molecule has 0 spiro atoms. The lowest BCUT2D eigenvalue weighted by Gasteiger charge is -2.30. The van der Waals surface area contributed by atoms with E-state index in [1.54, 1.807) is 18.3 Å². The van der Waals surface area contributed by atoms with Gasteiger partial charge in [-0.05, 0) is 61.5 Å². The van der Waals surface area contributed by atoms with Gasteiger partial charge >= 0.3 is 0 Å². The standard InChI is InChI=1S/C25H29N5O4S2/c1-33-22-15-17(10-11-19(22)28-36(2,31)32)30-24(23(27-25(30)35)20-8-3-4-12-26-20)21-9-5-13-29(21)16-18-7-6-14-34-18/h3-5,8-13,15,18,23-24,28H,6-7,14,16H2,1-2H3,(H,27,35)/t18-,23+,24-/m0/s1. The lowest BCUT2D eigenvalue weighted by Crippen LogP contribution is -2.31. The number of hydrogen-bond acceptors (Lipinski definition) is 6.